The third-order valence-corrected chi connectivity index (χ3v) is 14.5. The summed E-state index contributed by atoms with van der Waals surface area (Å²) in [7, 11) is -4.93. The van der Waals surface area contributed by atoms with Crippen molar-refractivity contribution in [3.05, 3.63) is 0 Å². The molecule has 17 heavy (non-hydrogen) atoms. The molecule has 104 valence electrons. The van der Waals surface area contributed by atoms with Crippen LogP contribution in [0.25, 0.3) is 0 Å². The predicted octanol–water partition coefficient (Wildman–Crippen LogP) is 4.95. The summed E-state index contributed by atoms with van der Waals surface area (Å²) >= 11 is 0. The number of hydrogen-bond donors (Lipinski definition) is 0. The normalized spacial score (nSPS) is 14.1. The highest BCUT2D eigenvalue weighted by atomic mass is 28.5. The summed E-state index contributed by atoms with van der Waals surface area (Å²) in [4.78, 5) is 0. The molecule has 0 fully saturated rings. The van der Waals surface area contributed by atoms with Gasteiger partial charge in [-0.15, -0.1) is 0 Å². The second-order valence-electron chi connectivity index (χ2n) is 6.62. The van der Waals surface area contributed by atoms with E-state index < -0.39 is 25.2 Å². The van der Waals surface area contributed by atoms with E-state index in [1.165, 1.54) is 24.9 Å². The molecule has 0 bridgehead atoms. The molecule has 0 saturated heterocycles. The molecule has 0 radical (unpaired) electrons. The van der Waals surface area contributed by atoms with E-state index in [-0.39, 0.29) is 0 Å². The lowest BCUT2D eigenvalue weighted by molar-refractivity contribution is 0.387. The zero-order chi connectivity index (χ0) is 13.7. The van der Waals surface area contributed by atoms with Gasteiger partial charge in [0.15, 0.2) is 16.6 Å². The minimum atomic E-state index is -1.93. The van der Waals surface area contributed by atoms with E-state index in [1.54, 1.807) is 0 Å². The average molecular weight is 293 g/mol. The standard InChI is InChI=1S/C12H32O2Si3/c1-9-11-15(3,4)13-17(7,8)14-16(5,6)12-10-2/h9-12H2,1-8H3. The molecule has 0 aliphatic rings. The molecular weight excluding hydrogens is 260 g/mol. The largest absolute Gasteiger partial charge is 0.437 e. The zero-order valence-corrected chi connectivity index (χ0v) is 16.1. The highest BCUT2D eigenvalue weighted by Crippen LogP contribution is 2.25. The van der Waals surface area contributed by atoms with Crippen molar-refractivity contribution in [2.75, 3.05) is 0 Å². The minimum absolute atomic E-state index is 1.22. The van der Waals surface area contributed by atoms with Crippen LogP contribution in [-0.4, -0.2) is 25.2 Å². The Morgan fingerprint density at radius 1 is 0.647 bits per heavy atom. The molecule has 0 N–H and O–H groups in total. The van der Waals surface area contributed by atoms with Crippen molar-refractivity contribution in [1.29, 1.82) is 0 Å². The summed E-state index contributed by atoms with van der Waals surface area (Å²) in [5, 5.41) is 0. The Labute approximate surface area is 112 Å². The second-order valence-corrected chi connectivity index (χ2v) is 19.1. The summed E-state index contributed by atoms with van der Waals surface area (Å²) < 4.78 is 12.9. The smallest absolute Gasteiger partial charge is 0.311 e. The first kappa shape index (κ1) is 17.6. The van der Waals surface area contributed by atoms with Gasteiger partial charge in [0, 0.05) is 0 Å². The molecule has 2 nitrogen and oxygen atoms in total. The number of rotatable bonds is 8. The first-order chi connectivity index (χ1) is 7.54. The maximum atomic E-state index is 6.44. The van der Waals surface area contributed by atoms with Crippen molar-refractivity contribution < 1.29 is 8.23 Å². The second kappa shape index (κ2) is 6.65. The molecule has 0 aromatic heterocycles. The fourth-order valence-electron chi connectivity index (χ4n) is 2.66. The molecular formula is C12H32O2Si3. The van der Waals surface area contributed by atoms with Crippen LogP contribution < -0.4 is 0 Å². The van der Waals surface area contributed by atoms with Gasteiger partial charge >= 0.3 is 8.56 Å². The quantitative estimate of drug-likeness (QED) is 0.589. The van der Waals surface area contributed by atoms with Crippen LogP contribution >= 0.6 is 0 Å². The summed E-state index contributed by atoms with van der Waals surface area (Å²) in [6, 6.07) is 2.48. The molecule has 0 saturated carbocycles. The van der Waals surface area contributed by atoms with Crippen molar-refractivity contribution in [2.45, 2.75) is 78.1 Å². The maximum Gasteiger partial charge on any atom is 0.311 e. The van der Waals surface area contributed by atoms with Gasteiger partial charge in [0.1, 0.15) is 0 Å². The Bertz CT molecular complexity index is 206. The Hall–Kier alpha value is 0.571. The van der Waals surface area contributed by atoms with Crippen molar-refractivity contribution in [2.24, 2.45) is 0 Å². The van der Waals surface area contributed by atoms with Crippen LogP contribution in [0.15, 0.2) is 0 Å². The molecule has 0 spiro atoms. The van der Waals surface area contributed by atoms with Gasteiger partial charge in [0.2, 0.25) is 0 Å². The van der Waals surface area contributed by atoms with Gasteiger partial charge in [-0.1, -0.05) is 26.7 Å². The van der Waals surface area contributed by atoms with Crippen LogP contribution in [0.3, 0.4) is 0 Å². The van der Waals surface area contributed by atoms with Crippen molar-refractivity contribution >= 4 is 25.2 Å². The topological polar surface area (TPSA) is 18.5 Å². The first-order valence-corrected chi connectivity index (χ1v) is 16.0. The lowest BCUT2D eigenvalue weighted by Crippen LogP contribution is -2.52. The Balaban J connectivity index is 4.47. The van der Waals surface area contributed by atoms with E-state index in [2.05, 4.69) is 53.1 Å². The molecule has 0 amide bonds. The molecule has 5 heteroatoms. The molecule has 0 aromatic rings. The van der Waals surface area contributed by atoms with Gasteiger partial charge in [0.05, 0.1) is 0 Å². The number of hydrogen-bond acceptors (Lipinski definition) is 2. The van der Waals surface area contributed by atoms with Gasteiger partial charge in [-0.2, -0.15) is 0 Å². The summed E-state index contributed by atoms with van der Waals surface area (Å²) in [5.74, 6) is 0. The van der Waals surface area contributed by atoms with Gasteiger partial charge in [-0.05, 0) is 51.4 Å². The van der Waals surface area contributed by atoms with E-state index >= 15 is 0 Å². The van der Waals surface area contributed by atoms with Gasteiger partial charge < -0.3 is 8.23 Å². The van der Waals surface area contributed by atoms with Crippen molar-refractivity contribution in [3.63, 3.8) is 0 Å². The zero-order valence-electron chi connectivity index (χ0n) is 13.1. The fraction of sp³-hybridized carbons (Fsp3) is 1.00. The Morgan fingerprint density at radius 3 is 1.18 bits per heavy atom. The maximum absolute atomic E-state index is 6.44. The van der Waals surface area contributed by atoms with E-state index in [4.69, 9.17) is 8.23 Å². The highest BCUT2D eigenvalue weighted by molar-refractivity contribution is 6.87. The summed E-state index contributed by atoms with van der Waals surface area (Å²) in [6.45, 7) is 18.2. The van der Waals surface area contributed by atoms with E-state index in [0.717, 1.165) is 0 Å². The van der Waals surface area contributed by atoms with Gasteiger partial charge in [-0.3, -0.25) is 0 Å². The minimum Gasteiger partial charge on any atom is -0.437 e. The Morgan fingerprint density at radius 2 is 0.941 bits per heavy atom. The van der Waals surface area contributed by atoms with Crippen molar-refractivity contribution in [1.82, 2.24) is 0 Å². The predicted molar refractivity (Wildman–Crippen MR) is 84.8 cm³/mol. The van der Waals surface area contributed by atoms with Crippen LogP contribution in [0.4, 0.5) is 0 Å². The van der Waals surface area contributed by atoms with E-state index in [0.29, 0.717) is 0 Å². The van der Waals surface area contributed by atoms with E-state index in [1.807, 2.05) is 0 Å². The molecule has 0 atom stereocenters. The SMILES string of the molecule is CCC[Si](C)(C)O[Si](C)(C)O[Si](C)(C)CCC. The van der Waals surface area contributed by atoms with Crippen LogP contribution in [-0.2, 0) is 8.23 Å². The monoisotopic (exact) mass is 292 g/mol. The third kappa shape index (κ3) is 8.31. The van der Waals surface area contributed by atoms with Gasteiger partial charge in [0.25, 0.3) is 0 Å². The summed E-state index contributed by atoms with van der Waals surface area (Å²) in [6.07, 6.45) is 2.44. The lowest BCUT2D eigenvalue weighted by Gasteiger charge is -2.38. The lowest BCUT2D eigenvalue weighted by atomic mass is 10.6. The van der Waals surface area contributed by atoms with Gasteiger partial charge in [-0.25, -0.2) is 0 Å². The highest BCUT2D eigenvalue weighted by Gasteiger charge is 2.38. The van der Waals surface area contributed by atoms with Crippen LogP contribution in [0.5, 0.6) is 0 Å². The van der Waals surface area contributed by atoms with Crippen LogP contribution in [0, 0.1) is 0 Å². The van der Waals surface area contributed by atoms with Crippen LogP contribution in [0.1, 0.15) is 26.7 Å². The summed E-state index contributed by atoms with van der Waals surface area (Å²) in [5.41, 5.74) is 0. The van der Waals surface area contributed by atoms with Crippen molar-refractivity contribution in [3.8, 4) is 0 Å². The fourth-order valence-corrected chi connectivity index (χ4v) is 17.1. The molecule has 0 heterocycles. The Kier molecular flexibility index (Phi) is 6.88. The molecule has 0 rings (SSSR count). The van der Waals surface area contributed by atoms with Crippen LogP contribution in [0.2, 0.25) is 51.4 Å². The first-order valence-electron chi connectivity index (χ1n) is 6.94. The third-order valence-electron chi connectivity index (χ3n) is 2.75. The molecule has 0 aromatic carbocycles. The average Bonchev–Trinajstić information content (AvgIpc) is 1.96. The molecule has 0 unspecified atom stereocenters. The molecule has 0 aliphatic carbocycles. The molecule has 0 aliphatic heterocycles. The van der Waals surface area contributed by atoms with E-state index in [9.17, 15) is 0 Å².